The van der Waals surface area contributed by atoms with E-state index >= 15 is 0 Å². The van der Waals surface area contributed by atoms with Gasteiger partial charge in [0.15, 0.2) is 5.79 Å². The van der Waals surface area contributed by atoms with Gasteiger partial charge in [-0.3, -0.25) is 0 Å². The van der Waals surface area contributed by atoms with Gasteiger partial charge in [0.1, 0.15) is 12.2 Å². The van der Waals surface area contributed by atoms with Crippen LogP contribution in [0.5, 0.6) is 0 Å². The molecule has 0 aromatic carbocycles. The highest BCUT2D eigenvalue weighted by atomic mass is 16.8. The smallest absolute Gasteiger partial charge is 0.163 e. The van der Waals surface area contributed by atoms with Gasteiger partial charge in [-0.2, -0.15) is 0 Å². The molecule has 88 valence electrons. The third-order valence-corrected chi connectivity index (χ3v) is 2.88. The van der Waals surface area contributed by atoms with Crippen LogP contribution in [0.15, 0.2) is 0 Å². The zero-order chi connectivity index (χ0) is 11.1. The maximum absolute atomic E-state index is 8.71. The van der Waals surface area contributed by atoms with Gasteiger partial charge in [0.25, 0.3) is 0 Å². The van der Waals surface area contributed by atoms with Crippen molar-refractivity contribution < 1.29 is 19.3 Å². The average Bonchev–Trinajstić information content (AvgIpc) is 2.60. The summed E-state index contributed by atoms with van der Waals surface area (Å²) >= 11 is 0. The highest BCUT2D eigenvalue weighted by Crippen LogP contribution is 2.38. The van der Waals surface area contributed by atoms with E-state index in [0.29, 0.717) is 6.61 Å². The second-order valence-electron chi connectivity index (χ2n) is 4.60. The molecule has 2 fully saturated rings. The van der Waals surface area contributed by atoms with E-state index < -0.39 is 5.79 Å². The van der Waals surface area contributed by atoms with Gasteiger partial charge >= 0.3 is 0 Å². The maximum atomic E-state index is 8.71. The Morgan fingerprint density at radius 2 is 2.07 bits per heavy atom. The van der Waals surface area contributed by atoms with Gasteiger partial charge in [-0.15, -0.1) is 0 Å². The Morgan fingerprint density at radius 1 is 1.40 bits per heavy atom. The van der Waals surface area contributed by atoms with E-state index in [9.17, 15) is 0 Å². The molecule has 1 aliphatic heterocycles. The first-order valence-electron chi connectivity index (χ1n) is 5.37. The topological polar surface area (TPSA) is 73.9 Å². The lowest BCUT2D eigenvalue weighted by Gasteiger charge is -2.22. The van der Waals surface area contributed by atoms with Crippen LogP contribution in [0.2, 0.25) is 0 Å². The van der Waals surface area contributed by atoms with E-state index in [-0.39, 0.29) is 31.0 Å². The first-order chi connectivity index (χ1) is 7.03. The fourth-order valence-corrected chi connectivity index (χ4v) is 2.34. The molecule has 0 unspecified atom stereocenters. The predicted molar refractivity (Wildman–Crippen MR) is 53.2 cm³/mol. The van der Waals surface area contributed by atoms with Crippen LogP contribution in [0.4, 0.5) is 0 Å². The lowest BCUT2D eigenvalue weighted by atomic mass is 10.2. The standard InChI is InChI=1S/C10H19NO4/c1-10(2)14-8-6(11)5-7(9(8)15-10)13-4-3-12/h6-9,12H,3-5,11H2,1-2H3/t6-,7-,8+,9+/m1/s1. The number of fused-ring (bicyclic) bond motifs is 1. The van der Waals surface area contributed by atoms with Crippen LogP contribution in [0.1, 0.15) is 20.3 Å². The summed E-state index contributed by atoms with van der Waals surface area (Å²) in [6, 6.07) is -0.0412. The summed E-state index contributed by atoms with van der Waals surface area (Å²) in [7, 11) is 0. The summed E-state index contributed by atoms with van der Waals surface area (Å²) in [5, 5.41) is 8.71. The summed E-state index contributed by atoms with van der Waals surface area (Å²) in [6.45, 7) is 4.10. The normalized spacial score (nSPS) is 43.2. The Morgan fingerprint density at radius 3 is 2.73 bits per heavy atom. The molecule has 0 aromatic heterocycles. The number of ether oxygens (including phenoxy) is 3. The highest BCUT2D eigenvalue weighted by Gasteiger charge is 2.53. The third-order valence-electron chi connectivity index (χ3n) is 2.88. The molecule has 1 aliphatic carbocycles. The Labute approximate surface area is 89.5 Å². The van der Waals surface area contributed by atoms with Gasteiger partial charge in [-0.1, -0.05) is 0 Å². The minimum Gasteiger partial charge on any atom is -0.394 e. The van der Waals surface area contributed by atoms with E-state index in [1.165, 1.54) is 0 Å². The first kappa shape index (κ1) is 11.3. The average molecular weight is 217 g/mol. The molecule has 2 aliphatic rings. The number of aliphatic hydroxyl groups is 1. The van der Waals surface area contributed by atoms with E-state index in [4.69, 9.17) is 25.1 Å². The third kappa shape index (κ3) is 2.16. The molecule has 1 heterocycles. The summed E-state index contributed by atoms with van der Waals surface area (Å²) in [5.41, 5.74) is 5.96. The van der Waals surface area contributed by atoms with Gasteiger partial charge < -0.3 is 25.1 Å². The summed E-state index contributed by atoms with van der Waals surface area (Å²) in [4.78, 5) is 0. The number of rotatable bonds is 3. The Balaban J connectivity index is 1.99. The fourth-order valence-electron chi connectivity index (χ4n) is 2.34. The monoisotopic (exact) mass is 217 g/mol. The van der Waals surface area contributed by atoms with E-state index in [1.807, 2.05) is 13.8 Å². The first-order valence-corrected chi connectivity index (χ1v) is 5.37. The molecule has 15 heavy (non-hydrogen) atoms. The molecule has 5 heteroatoms. The maximum Gasteiger partial charge on any atom is 0.163 e. The molecule has 4 atom stereocenters. The van der Waals surface area contributed by atoms with Gasteiger partial charge in [-0.05, 0) is 20.3 Å². The van der Waals surface area contributed by atoms with Crippen molar-refractivity contribution in [3.63, 3.8) is 0 Å². The molecule has 0 aromatic rings. The molecule has 0 radical (unpaired) electrons. The van der Waals surface area contributed by atoms with E-state index in [0.717, 1.165) is 6.42 Å². The minimum atomic E-state index is -0.575. The van der Waals surface area contributed by atoms with Crippen LogP contribution in [-0.4, -0.2) is 48.5 Å². The summed E-state index contributed by atoms with van der Waals surface area (Å²) in [5.74, 6) is -0.575. The summed E-state index contributed by atoms with van der Waals surface area (Å²) < 4.78 is 16.9. The number of hydrogen-bond donors (Lipinski definition) is 2. The van der Waals surface area contributed by atoms with Gasteiger partial charge in [-0.25, -0.2) is 0 Å². The van der Waals surface area contributed by atoms with Crippen molar-refractivity contribution >= 4 is 0 Å². The summed E-state index contributed by atoms with van der Waals surface area (Å²) in [6.07, 6.45) is 0.495. The Bertz CT molecular complexity index is 233. The van der Waals surface area contributed by atoms with Crippen LogP contribution >= 0.6 is 0 Å². The van der Waals surface area contributed by atoms with Crippen LogP contribution in [0.25, 0.3) is 0 Å². The SMILES string of the molecule is CC1(C)O[C@@H]2[C@@H](O1)[C@H](OCCO)C[C@H]2N. The van der Waals surface area contributed by atoms with Gasteiger partial charge in [0.2, 0.25) is 0 Å². The molecule has 2 rings (SSSR count). The molecule has 3 N–H and O–H groups in total. The molecule has 5 nitrogen and oxygen atoms in total. The van der Waals surface area contributed by atoms with Crippen molar-refractivity contribution in [1.82, 2.24) is 0 Å². The zero-order valence-corrected chi connectivity index (χ0v) is 9.18. The van der Waals surface area contributed by atoms with E-state index in [1.54, 1.807) is 0 Å². The quantitative estimate of drug-likeness (QED) is 0.674. The van der Waals surface area contributed by atoms with Crippen molar-refractivity contribution in [3.8, 4) is 0 Å². The minimum absolute atomic E-state index is 0.0212. The van der Waals surface area contributed by atoms with Crippen molar-refractivity contribution in [1.29, 1.82) is 0 Å². The molecule has 1 saturated carbocycles. The fraction of sp³-hybridized carbons (Fsp3) is 1.00. The number of nitrogens with two attached hydrogens (primary N) is 1. The Hall–Kier alpha value is -0.200. The van der Waals surface area contributed by atoms with Gasteiger partial charge in [0.05, 0.1) is 19.3 Å². The lowest BCUT2D eigenvalue weighted by Crippen LogP contribution is -2.35. The number of hydrogen-bond acceptors (Lipinski definition) is 5. The second kappa shape index (κ2) is 3.99. The van der Waals surface area contributed by atoms with Crippen LogP contribution in [-0.2, 0) is 14.2 Å². The predicted octanol–water partition coefficient (Wildman–Crippen LogP) is -0.385. The van der Waals surface area contributed by atoms with Crippen LogP contribution < -0.4 is 5.73 Å². The molecule has 0 bridgehead atoms. The van der Waals surface area contributed by atoms with E-state index in [2.05, 4.69) is 0 Å². The molecule has 0 spiro atoms. The van der Waals surface area contributed by atoms with Crippen molar-refractivity contribution in [2.75, 3.05) is 13.2 Å². The zero-order valence-electron chi connectivity index (χ0n) is 9.18. The largest absolute Gasteiger partial charge is 0.394 e. The highest BCUT2D eigenvalue weighted by molar-refractivity contribution is 5.01. The van der Waals surface area contributed by atoms with Crippen LogP contribution in [0, 0.1) is 0 Å². The molecular formula is C10H19NO4. The lowest BCUT2D eigenvalue weighted by molar-refractivity contribution is -0.168. The van der Waals surface area contributed by atoms with Crippen molar-refractivity contribution in [2.45, 2.75) is 50.4 Å². The van der Waals surface area contributed by atoms with Crippen molar-refractivity contribution in [3.05, 3.63) is 0 Å². The van der Waals surface area contributed by atoms with Crippen molar-refractivity contribution in [2.24, 2.45) is 5.73 Å². The van der Waals surface area contributed by atoms with Crippen LogP contribution in [0.3, 0.4) is 0 Å². The Kier molecular flexibility index (Phi) is 3.00. The van der Waals surface area contributed by atoms with Gasteiger partial charge in [0, 0.05) is 6.04 Å². The molecule has 0 amide bonds. The second-order valence-corrected chi connectivity index (χ2v) is 4.60. The number of aliphatic hydroxyl groups excluding tert-OH is 1. The molecular weight excluding hydrogens is 198 g/mol. The molecule has 1 saturated heterocycles.